The Kier molecular flexibility index (Phi) is 4.29. The van der Waals surface area contributed by atoms with Crippen molar-refractivity contribution in [1.29, 1.82) is 0 Å². The number of anilines is 1. The van der Waals surface area contributed by atoms with Crippen molar-refractivity contribution < 1.29 is 4.74 Å². The van der Waals surface area contributed by atoms with Gasteiger partial charge < -0.3 is 15.4 Å². The van der Waals surface area contributed by atoms with Gasteiger partial charge in [0.05, 0.1) is 17.7 Å². The van der Waals surface area contributed by atoms with Crippen LogP contribution in [0.5, 0.6) is 0 Å². The molecule has 19 heavy (non-hydrogen) atoms. The summed E-state index contributed by atoms with van der Waals surface area (Å²) >= 11 is 5.12. The largest absolute Gasteiger partial charge is 0.389 e. The standard InChI is InChI=1S/C14H17N3OS/c1-17(7-8-18-2)14-11(13(15)19)9-10-5-3-4-6-12(10)16-14/h3-6,9H,7-8H2,1-2H3,(H2,15,19). The number of fused-ring (bicyclic) bond motifs is 1. The van der Waals surface area contributed by atoms with Gasteiger partial charge in [-0.3, -0.25) is 0 Å². The Balaban J connectivity index is 2.50. The first kappa shape index (κ1) is 13.7. The van der Waals surface area contributed by atoms with Crippen molar-refractivity contribution in [2.45, 2.75) is 0 Å². The maximum atomic E-state index is 5.81. The van der Waals surface area contributed by atoms with Crippen molar-refractivity contribution in [2.75, 3.05) is 32.2 Å². The lowest BCUT2D eigenvalue weighted by molar-refractivity contribution is 0.206. The third kappa shape index (κ3) is 3.00. The van der Waals surface area contributed by atoms with E-state index in [1.807, 2.05) is 42.3 Å². The highest BCUT2D eigenvalue weighted by Gasteiger charge is 2.13. The monoisotopic (exact) mass is 275 g/mol. The van der Waals surface area contributed by atoms with Gasteiger partial charge in [-0.05, 0) is 12.1 Å². The molecule has 5 heteroatoms. The minimum absolute atomic E-state index is 0.359. The van der Waals surface area contributed by atoms with E-state index in [0.29, 0.717) is 11.6 Å². The van der Waals surface area contributed by atoms with E-state index in [4.69, 9.17) is 22.7 Å². The maximum absolute atomic E-state index is 5.81. The minimum Gasteiger partial charge on any atom is -0.389 e. The summed E-state index contributed by atoms with van der Waals surface area (Å²) in [6.45, 7) is 1.36. The number of thiocarbonyl (C=S) groups is 1. The van der Waals surface area contributed by atoms with Crippen LogP contribution in [0.2, 0.25) is 0 Å². The number of benzene rings is 1. The van der Waals surface area contributed by atoms with E-state index in [2.05, 4.69) is 4.98 Å². The first-order valence-corrected chi connectivity index (χ1v) is 6.44. The first-order chi connectivity index (χ1) is 9.13. The molecule has 0 saturated carbocycles. The molecule has 2 rings (SSSR count). The third-order valence-electron chi connectivity index (χ3n) is 2.96. The van der Waals surface area contributed by atoms with Gasteiger partial charge in [0.2, 0.25) is 0 Å². The lowest BCUT2D eigenvalue weighted by atomic mass is 10.1. The van der Waals surface area contributed by atoms with E-state index < -0.39 is 0 Å². The Morgan fingerprint density at radius 2 is 2.16 bits per heavy atom. The highest BCUT2D eigenvalue weighted by Crippen LogP contribution is 2.22. The second-order valence-electron chi connectivity index (χ2n) is 4.33. The number of nitrogens with zero attached hydrogens (tertiary/aromatic N) is 2. The number of rotatable bonds is 5. The molecule has 0 aliphatic carbocycles. The summed E-state index contributed by atoms with van der Waals surface area (Å²) in [5, 5.41) is 1.04. The fourth-order valence-corrected chi connectivity index (χ4v) is 2.06. The molecule has 0 radical (unpaired) electrons. The van der Waals surface area contributed by atoms with Crippen LogP contribution in [0.25, 0.3) is 10.9 Å². The lowest BCUT2D eigenvalue weighted by Crippen LogP contribution is -2.26. The summed E-state index contributed by atoms with van der Waals surface area (Å²) in [5.74, 6) is 0.795. The van der Waals surface area contributed by atoms with Crippen LogP contribution in [-0.2, 0) is 4.74 Å². The van der Waals surface area contributed by atoms with E-state index >= 15 is 0 Å². The predicted octanol–water partition coefficient (Wildman–Crippen LogP) is 1.95. The zero-order chi connectivity index (χ0) is 13.8. The molecule has 0 saturated heterocycles. The summed E-state index contributed by atoms with van der Waals surface area (Å²) < 4.78 is 5.09. The van der Waals surface area contributed by atoms with Gasteiger partial charge in [-0.2, -0.15) is 0 Å². The van der Waals surface area contributed by atoms with Crippen LogP contribution in [0.3, 0.4) is 0 Å². The number of pyridine rings is 1. The number of nitrogens with two attached hydrogens (primary N) is 1. The summed E-state index contributed by atoms with van der Waals surface area (Å²) in [6.07, 6.45) is 0. The van der Waals surface area contributed by atoms with Gasteiger partial charge >= 0.3 is 0 Å². The Bertz CT molecular complexity index is 600. The zero-order valence-electron chi connectivity index (χ0n) is 11.1. The topological polar surface area (TPSA) is 51.4 Å². The Hall–Kier alpha value is -1.72. The van der Waals surface area contributed by atoms with Gasteiger partial charge in [-0.1, -0.05) is 30.4 Å². The van der Waals surface area contributed by atoms with Crippen LogP contribution in [-0.4, -0.2) is 37.3 Å². The quantitative estimate of drug-likeness (QED) is 0.845. The van der Waals surface area contributed by atoms with E-state index in [-0.39, 0.29) is 0 Å². The second-order valence-corrected chi connectivity index (χ2v) is 4.77. The van der Waals surface area contributed by atoms with Gasteiger partial charge in [-0.15, -0.1) is 0 Å². The highest BCUT2D eigenvalue weighted by molar-refractivity contribution is 7.80. The molecule has 0 aliphatic rings. The number of likely N-dealkylation sites (N-methyl/N-ethyl adjacent to an activating group) is 1. The molecule has 1 aromatic heterocycles. The van der Waals surface area contributed by atoms with Crippen molar-refractivity contribution in [2.24, 2.45) is 5.73 Å². The molecule has 1 heterocycles. The zero-order valence-corrected chi connectivity index (χ0v) is 11.9. The van der Waals surface area contributed by atoms with Crippen molar-refractivity contribution in [3.05, 3.63) is 35.9 Å². The number of hydrogen-bond donors (Lipinski definition) is 1. The van der Waals surface area contributed by atoms with Crippen LogP contribution in [0.1, 0.15) is 5.56 Å². The first-order valence-electron chi connectivity index (χ1n) is 6.03. The molecule has 0 bridgehead atoms. The number of hydrogen-bond acceptors (Lipinski definition) is 4. The smallest absolute Gasteiger partial charge is 0.139 e. The SMILES string of the molecule is COCCN(C)c1nc2ccccc2cc1C(N)=S. The molecule has 1 aromatic carbocycles. The lowest BCUT2D eigenvalue weighted by Gasteiger charge is -2.21. The predicted molar refractivity (Wildman–Crippen MR) is 82.8 cm³/mol. The summed E-state index contributed by atoms with van der Waals surface area (Å²) in [5.41, 5.74) is 7.54. The van der Waals surface area contributed by atoms with Crippen LogP contribution in [0, 0.1) is 0 Å². The molecule has 0 amide bonds. The van der Waals surface area contributed by atoms with Crippen molar-refractivity contribution >= 4 is 33.9 Å². The molecule has 0 fully saturated rings. The Morgan fingerprint density at radius 3 is 2.84 bits per heavy atom. The summed E-state index contributed by atoms with van der Waals surface area (Å²) in [4.78, 5) is 7.02. The Labute approximate surface area is 118 Å². The van der Waals surface area contributed by atoms with Crippen LogP contribution in [0.4, 0.5) is 5.82 Å². The molecular weight excluding hydrogens is 258 g/mol. The van der Waals surface area contributed by atoms with Gasteiger partial charge in [0.15, 0.2) is 0 Å². The summed E-state index contributed by atoms with van der Waals surface area (Å²) in [7, 11) is 3.63. The number of para-hydroxylation sites is 1. The maximum Gasteiger partial charge on any atom is 0.139 e. The molecule has 100 valence electrons. The average Bonchev–Trinajstić information content (AvgIpc) is 2.43. The molecule has 0 atom stereocenters. The minimum atomic E-state index is 0.359. The molecular formula is C14H17N3OS. The van der Waals surface area contributed by atoms with E-state index in [9.17, 15) is 0 Å². The van der Waals surface area contributed by atoms with Gasteiger partial charge in [0, 0.05) is 26.1 Å². The average molecular weight is 275 g/mol. The molecule has 2 N–H and O–H groups in total. The van der Waals surface area contributed by atoms with Crippen molar-refractivity contribution in [1.82, 2.24) is 4.98 Å². The molecule has 0 aliphatic heterocycles. The fraction of sp³-hybridized carbons (Fsp3) is 0.286. The third-order valence-corrected chi connectivity index (χ3v) is 3.18. The molecule has 2 aromatic rings. The van der Waals surface area contributed by atoms with Gasteiger partial charge in [-0.25, -0.2) is 4.98 Å². The van der Waals surface area contributed by atoms with Crippen molar-refractivity contribution in [3.8, 4) is 0 Å². The number of aromatic nitrogens is 1. The molecule has 0 spiro atoms. The molecule has 0 unspecified atom stereocenters. The normalized spacial score (nSPS) is 10.6. The fourth-order valence-electron chi connectivity index (χ4n) is 1.91. The second kappa shape index (κ2) is 5.95. The van der Waals surface area contributed by atoms with E-state index in [1.54, 1.807) is 7.11 Å². The van der Waals surface area contributed by atoms with Crippen LogP contribution < -0.4 is 10.6 Å². The number of ether oxygens (including phenoxy) is 1. The van der Waals surface area contributed by atoms with Gasteiger partial charge in [0.25, 0.3) is 0 Å². The van der Waals surface area contributed by atoms with Gasteiger partial charge in [0.1, 0.15) is 10.8 Å². The van der Waals surface area contributed by atoms with Crippen LogP contribution in [0.15, 0.2) is 30.3 Å². The van der Waals surface area contributed by atoms with Crippen molar-refractivity contribution in [3.63, 3.8) is 0 Å². The Morgan fingerprint density at radius 1 is 1.42 bits per heavy atom. The number of methoxy groups -OCH3 is 1. The van der Waals surface area contributed by atoms with E-state index in [0.717, 1.165) is 28.8 Å². The highest BCUT2D eigenvalue weighted by atomic mass is 32.1. The molecule has 4 nitrogen and oxygen atoms in total. The van der Waals surface area contributed by atoms with Crippen LogP contribution >= 0.6 is 12.2 Å². The summed E-state index contributed by atoms with van der Waals surface area (Å²) in [6, 6.07) is 9.91. The van der Waals surface area contributed by atoms with E-state index in [1.165, 1.54) is 0 Å².